The lowest BCUT2D eigenvalue weighted by Crippen LogP contribution is -2.46. The van der Waals surface area contributed by atoms with E-state index in [4.69, 9.17) is 18.0 Å². The van der Waals surface area contributed by atoms with E-state index in [1.54, 1.807) is 0 Å². The van der Waals surface area contributed by atoms with Crippen molar-refractivity contribution in [1.29, 1.82) is 0 Å². The van der Waals surface area contributed by atoms with Gasteiger partial charge >= 0.3 is 0 Å². The van der Waals surface area contributed by atoms with Crippen molar-refractivity contribution in [1.82, 2.24) is 0 Å². The lowest BCUT2D eigenvalue weighted by molar-refractivity contribution is 0.267. The van der Waals surface area contributed by atoms with Gasteiger partial charge < -0.3 is 5.73 Å². The molecule has 0 aromatic rings. The molecule has 1 rings (SSSR count). The molecule has 3 nitrogen and oxygen atoms in total. The molecule has 0 bridgehead atoms. The summed E-state index contributed by atoms with van der Waals surface area (Å²) in [5.41, 5.74) is 5.13. The number of sulfone groups is 1. The molecule has 1 saturated carbocycles. The molecule has 0 aromatic heterocycles. The summed E-state index contributed by atoms with van der Waals surface area (Å²) in [6.07, 6.45) is 3.92. The lowest BCUT2D eigenvalue weighted by atomic mass is 9.70. The number of nitrogens with two attached hydrogens (primary N) is 1. The smallest absolute Gasteiger partial charge is 0.148 e. The molecule has 0 heterocycles. The van der Waals surface area contributed by atoms with E-state index < -0.39 is 9.84 Å². The summed E-state index contributed by atoms with van der Waals surface area (Å²) in [6.45, 7) is 0. The van der Waals surface area contributed by atoms with Crippen LogP contribution in [0.1, 0.15) is 19.3 Å². The summed E-state index contributed by atoms with van der Waals surface area (Å²) in [4.78, 5) is 0.360. The Hall–Kier alpha value is -0.160. The molecule has 12 heavy (non-hydrogen) atoms. The van der Waals surface area contributed by atoms with E-state index in [1.807, 2.05) is 0 Å². The highest BCUT2D eigenvalue weighted by atomic mass is 32.2. The van der Waals surface area contributed by atoms with Crippen LogP contribution >= 0.6 is 12.2 Å². The van der Waals surface area contributed by atoms with Crippen LogP contribution in [-0.2, 0) is 9.84 Å². The fourth-order valence-electron chi connectivity index (χ4n) is 1.57. The Morgan fingerprint density at radius 1 is 1.58 bits per heavy atom. The molecule has 2 N–H and O–H groups in total. The van der Waals surface area contributed by atoms with Crippen LogP contribution in [0.5, 0.6) is 0 Å². The van der Waals surface area contributed by atoms with Gasteiger partial charge in [-0.3, -0.25) is 0 Å². The summed E-state index contributed by atoms with van der Waals surface area (Å²) in [5, 5.41) is 0. The summed E-state index contributed by atoms with van der Waals surface area (Å²) in [6, 6.07) is 0. The number of thiocarbonyl (C=S) groups is 1. The maximum absolute atomic E-state index is 11.0. The Labute approximate surface area is 78.2 Å². The third-order valence-electron chi connectivity index (χ3n) is 2.37. The molecule has 1 aliphatic rings. The minimum atomic E-state index is -2.96. The van der Waals surface area contributed by atoms with Crippen molar-refractivity contribution >= 4 is 27.0 Å². The van der Waals surface area contributed by atoms with Crippen LogP contribution in [-0.4, -0.2) is 25.4 Å². The second-order valence-electron chi connectivity index (χ2n) is 3.57. The van der Waals surface area contributed by atoms with Crippen LogP contribution in [0.3, 0.4) is 0 Å². The fraction of sp³-hybridized carbons (Fsp3) is 0.857. The maximum Gasteiger partial charge on any atom is 0.148 e. The van der Waals surface area contributed by atoms with Gasteiger partial charge in [-0.05, 0) is 12.8 Å². The van der Waals surface area contributed by atoms with Crippen LogP contribution in [0.2, 0.25) is 0 Å². The van der Waals surface area contributed by atoms with Crippen LogP contribution in [0, 0.1) is 5.41 Å². The first-order chi connectivity index (χ1) is 5.36. The monoisotopic (exact) mass is 207 g/mol. The number of rotatable bonds is 3. The molecule has 0 atom stereocenters. The highest BCUT2D eigenvalue weighted by molar-refractivity contribution is 7.90. The van der Waals surface area contributed by atoms with E-state index in [2.05, 4.69) is 0 Å². The predicted molar refractivity (Wildman–Crippen MR) is 52.8 cm³/mol. The zero-order valence-electron chi connectivity index (χ0n) is 7.04. The SMILES string of the molecule is CS(=O)(=O)CC1(C(N)=S)CCC1. The van der Waals surface area contributed by atoms with Gasteiger partial charge in [-0.25, -0.2) is 8.42 Å². The summed E-state index contributed by atoms with van der Waals surface area (Å²) in [7, 11) is -2.96. The van der Waals surface area contributed by atoms with Crippen LogP contribution in [0.25, 0.3) is 0 Å². The first kappa shape index (κ1) is 9.92. The zero-order valence-corrected chi connectivity index (χ0v) is 8.67. The van der Waals surface area contributed by atoms with Crippen molar-refractivity contribution in [2.24, 2.45) is 11.1 Å². The van der Waals surface area contributed by atoms with E-state index in [1.165, 1.54) is 6.26 Å². The minimum absolute atomic E-state index is 0.120. The quantitative estimate of drug-likeness (QED) is 0.684. The molecule has 0 saturated heterocycles. The van der Waals surface area contributed by atoms with E-state index >= 15 is 0 Å². The molecular weight excluding hydrogens is 194 g/mol. The lowest BCUT2D eigenvalue weighted by Gasteiger charge is -2.40. The van der Waals surface area contributed by atoms with Gasteiger partial charge in [-0.1, -0.05) is 18.6 Å². The molecule has 1 fully saturated rings. The van der Waals surface area contributed by atoms with E-state index in [0.717, 1.165) is 19.3 Å². The minimum Gasteiger partial charge on any atom is -0.393 e. The maximum atomic E-state index is 11.0. The van der Waals surface area contributed by atoms with Crippen LogP contribution in [0.4, 0.5) is 0 Å². The standard InChI is InChI=1S/C7H13NO2S2/c1-12(9,10)5-7(6(8)11)3-2-4-7/h2-5H2,1H3,(H2,8,11). The molecule has 0 aromatic carbocycles. The van der Waals surface area contributed by atoms with Crippen molar-refractivity contribution in [2.45, 2.75) is 19.3 Å². The van der Waals surface area contributed by atoms with Gasteiger partial charge in [-0.15, -0.1) is 0 Å². The highest BCUT2D eigenvalue weighted by Crippen LogP contribution is 2.42. The van der Waals surface area contributed by atoms with E-state index in [9.17, 15) is 8.42 Å². The molecule has 0 unspecified atom stereocenters. The van der Waals surface area contributed by atoms with Crippen molar-refractivity contribution in [2.75, 3.05) is 12.0 Å². The van der Waals surface area contributed by atoms with Gasteiger partial charge in [-0.2, -0.15) is 0 Å². The van der Waals surface area contributed by atoms with E-state index in [0.29, 0.717) is 4.99 Å². The molecule has 5 heteroatoms. The molecule has 0 spiro atoms. The van der Waals surface area contributed by atoms with Crippen LogP contribution < -0.4 is 5.73 Å². The summed E-state index contributed by atoms with van der Waals surface area (Å²) in [5.74, 6) is 0.120. The van der Waals surface area contributed by atoms with Gasteiger partial charge in [0.15, 0.2) is 0 Å². The molecule has 0 amide bonds. The van der Waals surface area contributed by atoms with Crippen molar-refractivity contribution in [3.8, 4) is 0 Å². The van der Waals surface area contributed by atoms with Crippen LogP contribution in [0.15, 0.2) is 0 Å². The normalized spacial score (nSPS) is 21.4. The zero-order chi connectivity index (χ0) is 9.41. The van der Waals surface area contributed by atoms with Crippen molar-refractivity contribution in [3.05, 3.63) is 0 Å². The molecule has 1 aliphatic carbocycles. The average Bonchev–Trinajstić information content (AvgIpc) is 1.75. The second kappa shape index (κ2) is 2.96. The fourth-order valence-corrected chi connectivity index (χ4v) is 3.38. The highest BCUT2D eigenvalue weighted by Gasteiger charge is 2.42. The first-order valence-electron chi connectivity index (χ1n) is 3.83. The Kier molecular flexibility index (Phi) is 2.45. The molecule has 0 radical (unpaired) electrons. The van der Waals surface area contributed by atoms with Gasteiger partial charge in [0.05, 0.1) is 10.7 Å². The first-order valence-corrected chi connectivity index (χ1v) is 6.30. The Morgan fingerprint density at radius 3 is 2.17 bits per heavy atom. The average molecular weight is 207 g/mol. The number of hydrogen-bond acceptors (Lipinski definition) is 3. The van der Waals surface area contributed by atoms with Crippen molar-refractivity contribution in [3.63, 3.8) is 0 Å². The Balaban J connectivity index is 2.76. The third kappa shape index (κ3) is 1.95. The third-order valence-corrected chi connectivity index (χ3v) is 3.88. The molecule has 0 aliphatic heterocycles. The topological polar surface area (TPSA) is 60.2 Å². The summed E-state index contributed by atoms with van der Waals surface area (Å²) < 4.78 is 22.1. The largest absolute Gasteiger partial charge is 0.393 e. The van der Waals surface area contributed by atoms with Gasteiger partial charge in [0.2, 0.25) is 0 Å². The molecule has 70 valence electrons. The summed E-state index contributed by atoms with van der Waals surface area (Å²) >= 11 is 4.86. The Morgan fingerprint density at radius 2 is 2.08 bits per heavy atom. The second-order valence-corrected chi connectivity index (χ2v) is 6.15. The van der Waals surface area contributed by atoms with Gasteiger partial charge in [0.1, 0.15) is 9.84 Å². The number of hydrogen-bond donors (Lipinski definition) is 1. The van der Waals surface area contributed by atoms with Gasteiger partial charge in [0, 0.05) is 11.7 Å². The van der Waals surface area contributed by atoms with Gasteiger partial charge in [0.25, 0.3) is 0 Å². The molecular formula is C7H13NO2S2. The predicted octanol–water partition coefficient (Wildman–Crippen LogP) is 0.487. The Bertz CT molecular complexity index is 291. The van der Waals surface area contributed by atoms with Crippen molar-refractivity contribution < 1.29 is 8.42 Å². The van der Waals surface area contributed by atoms with E-state index in [-0.39, 0.29) is 11.2 Å².